The van der Waals surface area contributed by atoms with Gasteiger partial charge in [0.1, 0.15) is 0 Å². The average Bonchev–Trinajstić information content (AvgIpc) is 2.83. The van der Waals surface area contributed by atoms with Crippen molar-refractivity contribution in [3.63, 3.8) is 0 Å². The average molecular weight is 294 g/mol. The van der Waals surface area contributed by atoms with Gasteiger partial charge in [-0.3, -0.25) is 9.89 Å². The SMILES string of the molecule is Cc1[nH]n(-c2ccccc2)c(=O)c1C(=S)c1ccccc1. The molecule has 0 radical (unpaired) electrons. The van der Waals surface area contributed by atoms with Crippen molar-refractivity contribution in [2.75, 3.05) is 0 Å². The molecular weight excluding hydrogens is 280 g/mol. The van der Waals surface area contributed by atoms with Crippen LogP contribution in [-0.2, 0) is 0 Å². The molecule has 0 bridgehead atoms. The maximum absolute atomic E-state index is 12.6. The number of thiocarbonyl (C=S) groups is 1. The van der Waals surface area contributed by atoms with Crippen molar-refractivity contribution in [2.45, 2.75) is 6.92 Å². The fourth-order valence-electron chi connectivity index (χ4n) is 2.31. The third kappa shape index (κ3) is 2.45. The number of aromatic nitrogens is 2. The number of H-pyrrole nitrogens is 1. The third-order valence-corrected chi connectivity index (χ3v) is 3.79. The first-order valence-corrected chi connectivity index (χ1v) is 7.06. The van der Waals surface area contributed by atoms with Gasteiger partial charge >= 0.3 is 0 Å². The van der Waals surface area contributed by atoms with E-state index in [9.17, 15) is 4.79 Å². The molecule has 2 aromatic carbocycles. The zero-order valence-corrected chi connectivity index (χ0v) is 12.4. The molecular formula is C17H14N2OS. The van der Waals surface area contributed by atoms with Gasteiger partial charge in [-0.1, -0.05) is 60.7 Å². The van der Waals surface area contributed by atoms with Crippen molar-refractivity contribution in [1.29, 1.82) is 0 Å². The summed E-state index contributed by atoms with van der Waals surface area (Å²) in [6.07, 6.45) is 0. The van der Waals surface area contributed by atoms with Gasteiger partial charge in [0.15, 0.2) is 0 Å². The van der Waals surface area contributed by atoms with Crippen molar-refractivity contribution in [3.8, 4) is 5.69 Å². The van der Waals surface area contributed by atoms with Crippen LogP contribution in [0.4, 0.5) is 0 Å². The summed E-state index contributed by atoms with van der Waals surface area (Å²) >= 11 is 5.49. The molecule has 0 amide bonds. The largest absolute Gasteiger partial charge is 0.295 e. The fraction of sp³-hybridized carbons (Fsp3) is 0.0588. The first kappa shape index (κ1) is 13.5. The van der Waals surface area contributed by atoms with Crippen LogP contribution in [0.1, 0.15) is 16.8 Å². The molecule has 0 spiro atoms. The fourth-order valence-corrected chi connectivity index (χ4v) is 2.68. The second kappa shape index (κ2) is 5.50. The normalized spacial score (nSPS) is 10.5. The Labute approximate surface area is 127 Å². The Balaban J connectivity index is 2.12. The minimum absolute atomic E-state index is 0.118. The van der Waals surface area contributed by atoms with Gasteiger partial charge in [0.25, 0.3) is 5.56 Å². The molecule has 1 N–H and O–H groups in total. The highest BCUT2D eigenvalue weighted by Crippen LogP contribution is 2.12. The Morgan fingerprint density at radius 3 is 2.19 bits per heavy atom. The number of benzene rings is 2. The van der Waals surface area contributed by atoms with E-state index in [0.29, 0.717) is 10.4 Å². The van der Waals surface area contributed by atoms with Gasteiger partial charge in [-0.2, -0.15) is 0 Å². The maximum atomic E-state index is 12.6. The maximum Gasteiger partial charge on any atom is 0.280 e. The summed E-state index contributed by atoms with van der Waals surface area (Å²) in [6.45, 7) is 1.87. The quantitative estimate of drug-likeness (QED) is 0.595. The smallest absolute Gasteiger partial charge is 0.280 e. The van der Waals surface area contributed by atoms with E-state index in [-0.39, 0.29) is 5.56 Å². The van der Waals surface area contributed by atoms with Crippen LogP contribution in [0.3, 0.4) is 0 Å². The molecule has 3 nitrogen and oxygen atoms in total. The van der Waals surface area contributed by atoms with Crippen molar-refractivity contribution >= 4 is 17.1 Å². The highest BCUT2D eigenvalue weighted by molar-refractivity contribution is 7.81. The standard InChI is InChI=1S/C17H14N2OS/c1-12-15(16(21)13-8-4-2-5-9-13)17(20)19(18-12)14-10-6-3-7-11-14/h2-11,18H,1H3. The van der Waals surface area contributed by atoms with Crippen LogP contribution in [0, 0.1) is 6.92 Å². The van der Waals surface area contributed by atoms with Gasteiger partial charge in [-0.05, 0) is 24.6 Å². The van der Waals surface area contributed by atoms with E-state index >= 15 is 0 Å². The number of para-hydroxylation sites is 1. The Morgan fingerprint density at radius 2 is 1.57 bits per heavy atom. The molecule has 1 aromatic heterocycles. The molecule has 0 fully saturated rings. The zero-order chi connectivity index (χ0) is 14.8. The lowest BCUT2D eigenvalue weighted by Gasteiger charge is -2.01. The molecule has 1 heterocycles. The minimum atomic E-state index is -0.118. The van der Waals surface area contributed by atoms with E-state index in [0.717, 1.165) is 16.9 Å². The van der Waals surface area contributed by atoms with Gasteiger partial charge in [-0.15, -0.1) is 0 Å². The lowest BCUT2D eigenvalue weighted by Crippen LogP contribution is -2.20. The topological polar surface area (TPSA) is 37.8 Å². The van der Waals surface area contributed by atoms with Crippen molar-refractivity contribution in [2.24, 2.45) is 0 Å². The molecule has 104 valence electrons. The van der Waals surface area contributed by atoms with E-state index in [1.165, 1.54) is 4.68 Å². The van der Waals surface area contributed by atoms with E-state index in [1.54, 1.807) is 0 Å². The van der Waals surface area contributed by atoms with E-state index in [2.05, 4.69) is 5.10 Å². The van der Waals surface area contributed by atoms with Crippen LogP contribution in [0.2, 0.25) is 0 Å². The van der Waals surface area contributed by atoms with Gasteiger partial charge in [0.05, 0.1) is 16.1 Å². The lowest BCUT2D eigenvalue weighted by atomic mass is 10.1. The summed E-state index contributed by atoms with van der Waals surface area (Å²) in [4.78, 5) is 13.2. The van der Waals surface area contributed by atoms with Crippen molar-refractivity contribution < 1.29 is 0 Å². The monoisotopic (exact) mass is 294 g/mol. The highest BCUT2D eigenvalue weighted by Gasteiger charge is 2.17. The Bertz CT molecular complexity index is 832. The van der Waals surface area contributed by atoms with Gasteiger partial charge in [0.2, 0.25) is 0 Å². The summed E-state index contributed by atoms with van der Waals surface area (Å²) in [5.74, 6) is 0. The molecule has 0 atom stereocenters. The van der Waals surface area contributed by atoms with Crippen molar-refractivity contribution in [1.82, 2.24) is 9.78 Å². The van der Waals surface area contributed by atoms with E-state index in [4.69, 9.17) is 12.2 Å². The molecule has 0 unspecified atom stereocenters. The summed E-state index contributed by atoms with van der Waals surface area (Å²) in [7, 11) is 0. The second-order valence-corrected chi connectivity index (χ2v) is 5.19. The first-order chi connectivity index (χ1) is 10.2. The number of nitrogens with one attached hydrogen (secondary N) is 1. The predicted molar refractivity (Wildman–Crippen MR) is 88.4 cm³/mol. The summed E-state index contributed by atoms with van der Waals surface area (Å²) in [5.41, 5.74) is 2.89. The minimum Gasteiger partial charge on any atom is -0.295 e. The number of aryl methyl sites for hydroxylation is 1. The number of rotatable bonds is 3. The van der Waals surface area contributed by atoms with E-state index < -0.39 is 0 Å². The molecule has 21 heavy (non-hydrogen) atoms. The Kier molecular flexibility index (Phi) is 3.54. The molecule has 3 aromatic rings. The third-order valence-electron chi connectivity index (χ3n) is 3.35. The second-order valence-electron chi connectivity index (χ2n) is 4.78. The number of aromatic amines is 1. The number of hydrogen-bond acceptors (Lipinski definition) is 2. The lowest BCUT2D eigenvalue weighted by molar-refractivity contribution is 0.835. The zero-order valence-electron chi connectivity index (χ0n) is 11.5. The van der Waals surface area contributed by atoms with Gasteiger partial charge < -0.3 is 0 Å². The van der Waals surface area contributed by atoms with E-state index in [1.807, 2.05) is 67.6 Å². The predicted octanol–water partition coefficient (Wildman–Crippen LogP) is 3.24. The number of hydrogen-bond donors (Lipinski definition) is 1. The first-order valence-electron chi connectivity index (χ1n) is 6.65. The summed E-state index contributed by atoms with van der Waals surface area (Å²) in [6, 6.07) is 19.1. The molecule has 0 aliphatic heterocycles. The van der Waals surface area contributed by atoms with Crippen molar-refractivity contribution in [3.05, 3.63) is 87.8 Å². The summed E-state index contributed by atoms with van der Waals surface area (Å²) in [5, 5.41) is 3.10. The van der Waals surface area contributed by atoms with Gasteiger partial charge in [-0.25, -0.2) is 4.68 Å². The Hall–Kier alpha value is -2.46. The molecule has 0 saturated carbocycles. The summed E-state index contributed by atoms with van der Waals surface area (Å²) < 4.78 is 1.53. The molecule has 0 saturated heterocycles. The molecule has 4 heteroatoms. The van der Waals surface area contributed by atoms with Crippen LogP contribution < -0.4 is 5.56 Å². The van der Waals surface area contributed by atoms with Crippen LogP contribution >= 0.6 is 12.2 Å². The van der Waals surface area contributed by atoms with Crippen LogP contribution in [0.5, 0.6) is 0 Å². The van der Waals surface area contributed by atoms with Crippen LogP contribution in [0.25, 0.3) is 5.69 Å². The molecule has 3 rings (SSSR count). The van der Waals surface area contributed by atoms with Crippen LogP contribution in [-0.4, -0.2) is 14.6 Å². The molecule has 0 aliphatic carbocycles. The highest BCUT2D eigenvalue weighted by atomic mass is 32.1. The van der Waals surface area contributed by atoms with Gasteiger partial charge in [0, 0.05) is 5.69 Å². The Morgan fingerprint density at radius 1 is 1.00 bits per heavy atom. The molecule has 0 aliphatic rings. The number of nitrogens with zero attached hydrogens (tertiary/aromatic N) is 1. The van der Waals surface area contributed by atoms with Crippen LogP contribution in [0.15, 0.2) is 65.5 Å².